The van der Waals surface area contributed by atoms with Crippen LogP contribution in [0.15, 0.2) is 48.7 Å². The van der Waals surface area contributed by atoms with Crippen LogP contribution < -0.4 is 10.2 Å². The zero-order valence-corrected chi connectivity index (χ0v) is 29.4. The molecule has 3 heterocycles. The summed E-state index contributed by atoms with van der Waals surface area (Å²) in [5.41, 5.74) is 2.62. The van der Waals surface area contributed by atoms with E-state index in [1.54, 1.807) is 18.7 Å². The summed E-state index contributed by atoms with van der Waals surface area (Å²) in [5.74, 6) is -0.509. The molecule has 2 atom stereocenters. The van der Waals surface area contributed by atoms with Crippen molar-refractivity contribution in [2.75, 3.05) is 45.2 Å². The number of carbonyl (C=O) groups excluding carboxylic acids is 4. The summed E-state index contributed by atoms with van der Waals surface area (Å²) in [4.78, 5) is 61.5. The first kappa shape index (κ1) is 35.4. The number of rotatable bonds is 11. The normalized spacial score (nSPS) is 17.7. The average Bonchev–Trinajstić information content (AvgIpc) is 3.44. The van der Waals surface area contributed by atoms with Crippen molar-refractivity contribution < 1.29 is 23.9 Å². The minimum absolute atomic E-state index is 0.136. The van der Waals surface area contributed by atoms with E-state index in [1.165, 1.54) is 6.92 Å². The third-order valence-electron chi connectivity index (χ3n) is 9.50. The van der Waals surface area contributed by atoms with E-state index in [0.29, 0.717) is 37.5 Å². The molecule has 1 saturated heterocycles. The highest BCUT2D eigenvalue weighted by atomic mass is 35.5. The Kier molecular flexibility index (Phi) is 11.2. The van der Waals surface area contributed by atoms with E-state index in [1.807, 2.05) is 67.7 Å². The van der Waals surface area contributed by atoms with Gasteiger partial charge in [0.2, 0.25) is 11.8 Å². The number of anilines is 1. The summed E-state index contributed by atoms with van der Waals surface area (Å²) in [7, 11) is 4.07. The number of likely N-dealkylation sites (tertiary alicyclic amines) is 1. The number of benzene rings is 2. The van der Waals surface area contributed by atoms with Crippen LogP contribution in [-0.4, -0.2) is 90.4 Å². The molecule has 3 amide bonds. The van der Waals surface area contributed by atoms with E-state index in [4.69, 9.17) is 16.3 Å². The standard InChI is InChI=1S/C37H48ClN5O5/c1-24(44)48-37(2,3)36(47)42-16-14-25(15-17-42)10-13-34(45)40-32(20-28-21-39-31-9-7-6-8-30(28)31)35(46)43-23-26(22-41(4)5)18-27-19-29(38)11-12-33(27)43/h6-9,11-12,19,21,25-26,32,39H,10,13-18,20,22-23H2,1-5H3,(H,40,45)/t26-,32-/m1/s1. The summed E-state index contributed by atoms with van der Waals surface area (Å²) in [6.07, 6.45) is 5.55. The van der Waals surface area contributed by atoms with Gasteiger partial charge in [0.15, 0.2) is 5.60 Å². The van der Waals surface area contributed by atoms with Gasteiger partial charge in [-0.1, -0.05) is 29.8 Å². The molecule has 11 heteroatoms. The van der Waals surface area contributed by atoms with E-state index in [-0.39, 0.29) is 36.0 Å². The number of ether oxygens (including phenoxy) is 1. The fourth-order valence-corrected chi connectivity index (χ4v) is 7.47. The third-order valence-corrected chi connectivity index (χ3v) is 9.73. The van der Waals surface area contributed by atoms with Crippen molar-refractivity contribution in [1.82, 2.24) is 20.1 Å². The highest BCUT2D eigenvalue weighted by molar-refractivity contribution is 6.30. The van der Waals surface area contributed by atoms with Crippen LogP contribution in [0.25, 0.3) is 10.9 Å². The number of nitrogens with zero attached hydrogens (tertiary/aromatic N) is 3. The number of H-pyrrole nitrogens is 1. The summed E-state index contributed by atoms with van der Waals surface area (Å²) >= 11 is 6.39. The molecule has 2 N–H and O–H groups in total. The molecule has 5 rings (SSSR count). The number of halogens is 1. The molecule has 2 aliphatic rings. The molecule has 1 aromatic heterocycles. The van der Waals surface area contributed by atoms with Crippen LogP contribution in [-0.2, 0) is 36.8 Å². The molecule has 0 spiro atoms. The fraction of sp³-hybridized carbons (Fsp3) is 0.514. The van der Waals surface area contributed by atoms with Crippen molar-refractivity contribution in [3.05, 3.63) is 64.8 Å². The Hall–Kier alpha value is -3.89. The lowest BCUT2D eigenvalue weighted by Gasteiger charge is -2.38. The molecule has 0 bridgehead atoms. The lowest BCUT2D eigenvalue weighted by atomic mass is 9.90. The number of piperidine rings is 1. The van der Waals surface area contributed by atoms with Gasteiger partial charge < -0.3 is 29.7 Å². The molecule has 2 aromatic carbocycles. The number of aromatic nitrogens is 1. The molecule has 0 radical (unpaired) electrons. The number of amides is 3. The minimum Gasteiger partial charge on any atom is -0.450 e. The molecular weight excluding hydrogens is 630 g/mol. The predicted octanol–water partition coefficient (Wildman–Crippen LogP) is 4.98. The van der Waals surface area contributed by atoms with E-state index in [2.05, 4.69) is 15.2 Å². The largest absolute Gasteiger partial charge is 0.450 e. The number of hydrogen-bond donors (Lipinski definition) is 2. The first-order valence-electron chi connectivity index (χ1n) is 16.9. The topological polar surface area (TPSA) is 115 Å². The second-order valence-electron chi connectivity index (χ2n) is 14.1. The maximum atomic E-state index is 14.5. The van der Waals surface area contributed by atoms with Crippen molar-refractivity contribution in [3.8, 4) is 0 Å². The maximum absolute atomic E-state index is 14.5. The van der Waals surface area contributed by atoms with Crippen LogP contribution in [0.5, 0.6) is 0 Å². The molecule has 3 aromatic rings. The van der Waals surface area contributed by atoms with Crippen LogP contribution in [0.4, 0.5) is 5.69 Å². The summed E-state index contributed by atoms with van der Waals surface area (Å²) in [6.45, 7) is 6.99. The van der Waals surface area contributed by atoms with E-state index >= 15 is 0 Å². The van der Waals surface area contributed by atoms with Gasteiger partial charge in [0, 0.05) is 73.8 Å². The van der Waals surface area contributed by atoms with Gasteiger partial charge >= 0.3 is 5.97 Å². The van der Waals surface area contributed by atoms with Gasteiger partial charge in [0.05, 0.1) is 0 Å². The summed E-state index contributed by atoms with van der Waals surface area (Å²) < 4.78 is 5.24. The zero-order chi connectivity index (χ0) is 34.6. The van der Waals surface area contributed by atoms with E-state index < -0.39 is 17.6 Å². The van der Waals surface area contributed by atoms with Crippen molar-refractivity contribution >= 4 is 51.9 Å². The van der Waals surface area contributed by atoms with Crippen LogP contribution >= 0.6 is 11.6 Å². The Balaban J connectivity index is 1.28. The second kappa shape index (κ2) is 15.1. The maximum Gasteiger partial charge on any atom is 0.303 e. The van der Waals surface area contributed by atoms with Gasteiger partial charge in [-0.25, -0.2) is 0 Å². The van der Waals surface area contributed by atoms with Crippen LogP contribution in [0.3, 0.4) is 0 Å². The van der Waals surface area contributed by atoms with Crippen molar-refractivity contribution in [1.29, 1.82) is 0 Å². The second-order valence-corrected chi connectivity index (χ2v) is 14.6. The number of para-hydroxylation sites is 1. The molecule has 0 unspecified atom stereocenters. The molecule has 1 fully saturated rings. The molecular formula is C37H48ClN5O5. The Morgan fingerprint density at radius 3 is 2.52 bits per heavy atom. The lowest BCUT2D eigenvalue weighted by Crippen LogP contribution is -2.53. The average molecular weight is 678 g/mol. The van der Waals surface area contributed by atoms with Gasteiger partial charge in [-0.15, -0.1) is 0 Å². The van der Waals surface area contributed by atoms with Gasteiger partial charge in [-0.3, -0.25) is 19.2 Å². The van der Waals surface area contributed by atoms with Gasteiger partial charge in [-0.05, 0) is 101 Å². The Morgan fingerprint density at radius 1 is 1.08 bits per heavy atom. The Labute approximate surface area is 288 Å². The van der Waals surface area contributed by atoms with Crippen LogP contribution in [0.1, 0.15) is 57.6 Å². The molecule has 0 aliphatic carbocycles. The van der Waals surface area contributed by atoms with Crippen LogP contribution in [0.2, 0.25) is 5.02 Å². The number of hydrogen-bond acceptors (Lipinski definition) is 6. The first-order valence-corrected chi connectivity index (χ1v) is 17.3. The first-order chi connectivity index (χ1) is 22.8. The lowest BCUT2D eigenvalue weighted by molar-refractivity contribution is -0.169. The van der Waals surface area contributed by atoms with Gasteiger partial charge in [0.1, 0.15) is 6.04 Å². The monoisotopic (exact) mass is 677 g/mol. The zero-order valence-electron chi connectivity index (χ0n) is 28.7. The quantitative estimate of drug-likeness (QED) is 0.277. The van der Waals surface area contributed by atoms with Crippen molar-refractivity contribution in [2.24, 2.45) is 11.8 Å². The highest BCUT2D eigenvalue weighted by Crippen LogP contribution is 2.33. The summed E-state index contributed by atoms with van der Waals surface area (Å²) in [5, 5.41) is 4.79. The fourth-order valence-electron chi connectivity index (χ4n) is 7.28. The van der Waals surface area contributed by atoms with Gasteiger partial charge in [0.25, 0.3) is 5.91 Å². The Morgan fingerprint density at radius 2 is 1.81 bits per heavy atom. The smallest absolute Gasteiger partial charge is 0.303 e. The molecule has 10 nitrogen and oxygen atoms in total. The predicted molar refractivity (Wildman–Crippen MR) is 188 cm³/mol. The highest BCUT2D eigenvalue weighted by Gasteiger charge is 2.37. The SMILES string of the molecule is CC(=O)OC(C)(C)C(=O)N1CCC(CCC(=O)N[C@H](Cc2c[nH]c3ccccc23)C(=O)N2C[C@@H](CN(C)C)Cc3cc(Cl)ccc32)CC1. The van der Waals surface area contributed by atoms with Crippen LogP contribution in [0, 0.1) is 11.8 Å². The van der Waals surface area contributed by atoms with E-state index in [0.717, 1.165) is 53.5 Å². The molecule has 0 saturated carbocycles. The Bertz CT molecular complexity index is 1640. The van der Waals surface area contributed by atoms with Crippen molar-refractivity contribution in [2.45, 2.75) is 70.9 Å². The number of nitrogens with one attached hydrogen (secondary N) is 2. The number of esters is 1. The van der Waals surface area contributed by atoms with Crippen molar-refractivity contribution in [3.63, 3.8) is 0 Å². The van der Waals surface area contributed by atoms with Gasteiger partial charge in [-0.2, -0.15) is 0 Å². The number of carbonyl (C=O) groups is 4. The number of fused-ring (bicyclic) bond motifs is 2. The molecule has 48 heavy (non-hydrogen) atoms. The minimum atomic E-state index is -1.21. The molecule has 2 aliphatic heterocycles. The molecule has 258 valence electrons. The number of aromatic amines is 1. The summed E-state index contributed by atoms with van der Waals surface area (Å²) in [6, 6.07) is 12.9. The van der Waals surface area contributed by atoms with E-state index in [9.17, 15) is 19.2 Å². The third kappa shape index (κ3) is 8.57.